The van der Waals surface area contributed by atoms with Gasteiger partial charge in [-0.1, -0.05) is 43.0 Å². The highest BCUT2D eigenvalue weighted by Crippen LogP contribution is 2.33. The van der Waals surface area contributed by atoms with Gasteiger partial charge in [-0.15, -0.1) is 11.3 Å². The van der Waals surface area contributed by atoms with Crippen molar-refractivity contribution in [2.45, 2.75) is 37.9 Å². The van der Waals surface area contributed by atoms with Crippen molar-refractivity contribution >= 4 is 50.2 Å². The van der Waals surface area contributed by atoms with E-state index in [2.05, 4.69) is 6.92 Å². The van der Waals surface area contributed by atoms with Crippen LogP contribution in [0.3, 0.4) is 0 Å². The minimum absolute atomic E-state index is 0.217. The Morgan fingerprint density at radius 1 is 1.40 bits per heavy atom. The van der Waals surface area contributed by atoms with Crippen molar-refractivity contribution in [1.29, 1.82) is 0 Å². The van der Waals surface area contributed by atoms with Crippen LogP contribution in [-0.2, 0) is 9.84 Å². The first kappa shape index (κ1) is 16.3. The molecule has 0 amide bonds. The van der Waals surface area contributed by atoms with Crippen LogP contribution in [0.15, 0.2) is 6.07 Å². The van der Waals surface area contributed by atoms with Gasteiger partial charge in [-0.05, 0) is 24.8 Å². The fraction of sp³-hybridized carbons (Fsp3) is 0.615. The standard InChI is InChI=1S/C13H16Cl2O3S2/c1-8-3-2-4-9(5-8)20(17,18)7-11(16)10-6-12(14)19-13(10)15/h6,8-9H,2-5,7H2,1H3. The Hall–Kier alpha value is -0.100. The average Bonchev–Trinajstić information content (AvgIpc) is 2.68. The van der Waals surface area contributed by atoms with Crippen LogP contribution >= 0.6 is 34.5 Å². The normalized spacial score (nSPS) is 23.8. The number of carbonyl (C=O) groups excluding carboxylic acids is 1. The lowest BCUT2D eigenvalue weighted by Crippen LogP contribution is -2.32. The summed E-state index contributed by atoms with van der Waals surface area (Å²) in [7, 11) is -3.42. The number of halogens is 2. The number of carbonyl (C=O) groups is 1. The molecule has 20 heavy (non-hydrogen) atoms. The lowest BCUT2D eigenvalue weighted by Gasteiger charge is -2.26. The van der Waals surface area contributed by atoms with Crippen molar-refractivity contribution in [3.63, 3.8) is 0 Å². The van der Waals surface area contributed by atoms with Gasteiger partial charge >= 0.3 is 0 Å². The molecular formula is C13H16Cl2O3S2. The van der Waals surface area contributed by atoms with E-state index in [1.807, 2.05) is 0 Å². The zero-order valence-corrected chi connectivity index (χ0v) is 14.2. The maximum Gasteiger partial charge on any atom is 0.180 e. The molecule has 1 aromatic heterocycles. The van der Waals surface area contributed by atoms with Gasteiger partial charge in [0.15, 0.2) is 15.6 Å². The number of sulfone groups is 1. The highest BCUT2D eigenvalue weighted by Gasteiger charge is 2.32. The smallest absolute Gasteiger partial charge is 0.180 e. The molecule has 1 saturated carbocycles. The molecule has 1 fully saturated rings. The van der Waals surface area contributed by atoms with Crippen molar-refractivity contribution < 1.29 is 13.2 Å². The first-order valence-corrected chi connectivity index (χ1v) is 9.78. The second-order valence-corrected chi connectivity index (χ2v) is 9.93. The molecule has 2 atom stereocenters. The molecular weight excluding hydrogens is 339 g/mol. The predicted molar refractivity (Wildman–Crippen MR) is 83.9 cm³/mol. The van der Waals surface area contributed by atoms with Crippen LogP contribution in [0, 0.1) is 5.92 Å². The summed E-state index contributed by atoms with van der Waals surface area (Å²) in [5.74, 6) is -0.536. The second-order valence-electron chi connectivity index (χ2n) is 5.36. The van der Waals surface area contributed by atoms with Crippen molar-refractivity contribution in [2.24, 2.45) is 5.92 Å². The molecule has 0 bridgehead atoms. The Balaban J connectivity index is 2.12. The number of rotatable bonds is 4. The maximum absolute atomic E-state index is 12.3. The van der Waals surface area contributed by atoms with Gasteiger partial charge in [-0.25, -0.2) is 8.42 Å². The van der Waals surface area contributed by atoms with Crippen LogP contribution < -0.4 is 0 Å². The molecule has 1 aliphatic carbocycles. The number of thiophene rings is 1. The third-order valence-electron chi connectivity index (χ3n) is 3.69. The first-order chi connectivity index (χ1) is 9.29. The maximum atomic E-state index is 12.3. The SMILES string of the molecule is CC1CCCC(S(=O)(=O)CC(=O)c2cc(Cl)sc2Cl)C1. The fourth-order valence-electron chi connectivity index (χ4n) is 2.61. The predicted octanol–water partition coefficient (Wildman–Crippen LogP) is 4.23. The van der Waals surface area contributed by atoms with E-state index in [4.69, 9.17) is 23.2 Å². The Labute approximate surface area is 133 Å². The highest BCUT2D eigenvalue weighted by molar-refractivity contribution is 7.92. The minimum Gasteiger partial charge on any atom is -0.293 e. The van der Waals surface area contributed by atoms with Crippen LogP contribution in [0.2, 0.25) is 8.67 Å². The van der Waals surface area contributed by atoms with E-state index in [9.17, 15) is 13.2 Å². The summed E-state index contributed by atoms with van der Waals surface area (Å²) in [5.41, 5.74) is 0.217. The Morgan fingerprint density at radius 2 is 2.10 bits per heavy atom. The van der Waals surface area contributed by atoms with E-state index in [1.165, 1.54) is 6.07 Å². The van der Waals surface area contributed by atoms with Crippen LogP contribution in [0.1, 0.15) is 43.0 Å². The highest BCUT2D eigenvalue weighted by atomic mass is 35.5. The molecule has 0 spiro atoms. The zero-order chi connectivity index (χ0) is 14.9. The van der Waals surface area contributed by atoms with E-state index < -0.39 is 26.6 Å². The molecule has 2 unspecified atom stereocenters. The molecule has 0 N–H and O–H groups in total. The largest absolute Gasteiger partial charge is 0.293 e. The van der Waals surface area contributed by atoms with Crippen LogP contribution in [0.4, 0.5) is 0 Å². The molecule has 0 aromatic carbocycles. The van der Waals surface area contributed by atoms with Crippen molar-refractivity contribution in [3.8, 4) is 0 Å². The number of hydrogen-bond acceptors (Lipinski definition) is 4. The minimum atomic E-state index is -3.42. The topological polar surface area (TPSA) is 51.2 Å². The Morgan fingerprint density at radius 3 is 2.65 bits per heavy atom. The van der Waals surface area contributed by atoms with Gasteiger partial charge in [0.1, 0.15) is 10.1 Å². The summed E-state index contributed by atoms with van der Waals surface area (Å²) < 4.78 is 25.3. The van der Waals surface area contributed by atoms with Crippen LogP contribution in [-0.4, -0.2) is 25.2 Å². The summed E-state index contributed by atoms with van der Waals surface area (Å²) >= 11 is 12.8. The quantitative estimate of drug-likeness (QED) is 0.760. The van der Waals surface area contributed by atoms with Gasteiger partial charge in [-0.3, -0.25) is 4.79 Å². The first-order valence-electron chi connectivity index (χ1n) is 6.49. The average molecular weight is 355 g/mol. The zero-order valence-electron chi connectivity index (χ0n) is 11.1. The molecule has 2 rings (SSSR count). The van der Waals surface area contributed by atoms with Gasteiger partial charge in [0, 0.05) is 5.56 Å². The molecule has 0 radical (unpaired) electrons. The van der Waals surface area contributed by atoms with Crippen molar-refractivity contribution in [1.82, 2.24) is 0 Å². The van der Waals surface area contributed by atoms with E-state index in [1.54, 1.807) is 0 Å². The summed E-state index contributed by atoms with van der Waals surface area (Å²) in [4.78, 5) is 12.1. The van der Waals surface area contributed by atoms with Crippen molar-refractivity contribution in [3.05, 3.63) is 20.3 Å². The van der Waals surface area contributed by atoms with Crippen LogP contribution in [0.5, 0.6) is 0 Å². The monoisotopic (exact) mass is 354 g/mol. The molecule has 112 valence electrons. The van der Waals surface area contributed by atoms with Gasteiger partial charge in [0.05, 0.1) is 9.59 Å². The summed E-state index contributed by atoms with van der Waals surface area (Å²) in [6.45, 7) is 2.05. The molecule has 7 heteroatoms. The van der Waals surface area contributed by atoms with Crippen molar-refractivity contribution in [2.75, 3.05) is 5.75 Å². The van der Waals surface area contributed by atoms with Gasteiger partial charge in [-0.2, -0.15) is 0 Å². The van der Waals surface area contributed by atoms with E-state index in [0.717, 1.165) is 24.2 Å². The van der Waals surface area contributed by atoms with E-state index in [0.29, 0.717) is 23.1 Å². The molecule has 1 heterocycles. The summed E-state index contributed by atoms with van der Waals surface area (Å²) in [6, 6.07) is 1.44. The number of hydrogen-bond donors (Lipinski definition) is 0. The second kappa shape index (κ2) is 6.34. The van der Waals surface area contributed by atoms with Gasteiger partial charge in [0.25, 0.3) is 0 Å². The third kappa shape index (κ3) is 3.75. The molecule has 1 aromatic rings. The van der Waals surface area contributed by atoms with Crippen LogP contribution in [0.25, 0.3) is 0 Å². The lowest BCUT2D eigenvalue weighted by atomic mass is 9.91. The number of Topliss-reactive ketones (excluding diaryl/α,β-unsaturated/α-hetero) is 1. The molecule has 3 nitrogen and oxygen atoms in total. The molecule has 0 saturated heterocycles. The summed E-state index contributed by atoms with van der Waals surface area (Å²) in [5, 5.41) is -0.400. The number of ketones is 1. The van der Waals surface area contributed by atoms with E-state index >= 15 is 0 Å². The molecule has 1 aliphatic rings. The Bertz CT molecular complexity index is 607. The third-order valence-corrected chi connectivity index (χ3v) is 7.28. The van der Waals surface area contributed by atoms with Gasteiger partial charge < -0.3 is 0 Å². The summed E-state index contributed by atoms with van der Waals surface area (Å²) in [6.07, 6.45) is 3.27. The lowest BCUT2D eigenvalue weighted by molar-refractivity contribution is 0.102. The Kier molecular flexibility index (Phi) is 5.16. The van der Waals surface area contributed by atoms with E-state index in [-0.39, 0.29) is 9.90 Å². The fourth-order valence-corrected chi connectivity index (χ4v) is 6.02. The van der Waals surface area contributed by atoms with Gasteiger partial charge in [0.2, 0.25) is 0 Å². The molecule has 0 aliphatic heterocycles.